The summed E-state index contributed by atoms with van der Waals surface area (Å²) >= 11 is 0. The SMILES string of the molecule is [2H]C([2H])([2H])C([2H])([2H])C([2H])([2H])C([2H])([2H])C([2H])([2H])C([2H])([2H])C(=O)OC. The summed E-state index contributed by atoms with van der Waals surface area (Å²) in [6.45, 7) is -3.67. The molecule has 0 aromatic heterocycles. The van der Waals surface area contributed by atoms with Gasteiger partial charge in [-0.1, -0.05) is 26.0 Å². The van der Waals surface area contributed by atoms with E-state index in [0.29, 0.717) is 7.11 Å². The summed E-state index contributed by atoms with van der Waals surface area (Å²) in [7, 11) is 0.697. The first-order chi connectivity index (χ1) is 9.73. The zero-order valence-corrected chi connectivity index (χ0v) is 5.32. The van der Waals surface area contributed by atoms with Crippen LogP contribution in [0.5, 0.6) is 0 Å². The molecule has 0 unspecified atom stereocenters. The van der Waals surface area contributed by atoms with Crippen molar-refractivity contribution in [1.29, 1.82) is 0 Å². The van der Waals surface area contributed by atoms with Gasteiger partial charge in [-0.25, -0.2) is 0 Å². The van der Waals surface area contributed by atoms with Gasteiger partial charge in [0, 0.05) is 24.2 Å². The van der Waals surface area contributed by atoms with Crippen LogP contribution in [0.2, 0.25) is 0 Å². The van der Waals surface area contributed by atoms with Crippen molar-refractivity contribution in [3.05, 3.63) is 0 Å². The fourth-order valence-corrected chi connectivity index (χ4v) is 0.196. The van der Waals surface area contributed by atoms with E-state index in [-0.39, 0.29) is 0 Å². The molecule has 0 aromatic carbocycles. The van der Waals surface area contributed by atoms with Crippen LogP contribution in [-0.4, -0.2) is 13.1 Å². The Balaban J connectivity index is 6.30. The number of ether oxygens (including phenoxy) is 1. The molecule has 0 aliphatic carbocycles. The number of esters is 1. The maximum atomic E-state index is 11.4. The molecule has 0 fully saturated rings. The number of methoxy groups -OCH3 is 1. The molecule has 0 aromatic rings. The van der Waals surface area contributed by atoms with E-state index >= 15 is 0 Å². The van der Waals surface area contributed by atoms with Gasteiger partial charge in [-0.2, -0.15) is 0 Å². The molecule has 0 aliphatic heterocycles. The van der Waals surface area contributed by atoms with Gasteiger partial charge in [0.1, 0.15) is 0 Å². The van der Waals surface area contributed by atoms with Gasteiger partial charge in [-0.3, -0.25) is 4.79 Å². The molecule has 10 heavy (non-hydrogen) atoms. The lowest BCUT2D eigenvalue weighted by Gasteiger charge is -1.97. The van der Waals surface area contributed by atoms with Crippen molar-refractivity contribution in [2.24, 2.45) is 0 Å². The van der Waals surface area contributed by atoms with Crippen molar-refractivity contribution in [3.8, 4) is 0 Å². The molecule has 0 rings (SSSR count). The largest absolute Gasteiger partial charge is 0.469 e. The zero-order chi connectivity index (χ0) is 19.3. The Bertz CT molecular complexity index is 463. The smallest absolute Gasteiger partial charge is 0.305 e. The molecule has 2 nitrogen and oxygen atoms in total. The van der Waals surface area contributed by atoms with Gasteiger partial charge in [0.05, 0.1) is 7.11 Å². The van der Waals surface area contributed by atoms with Gasteiger partial charge in [0.15, 0.2) is 0 Å². The van der Waals surface area contributed by atoms with Crippen molar-refractivity contribution in [1.82, 2.24) is 0 Å². The lowest BCUT2D eigenvalue weighted by molar-refractivity contribution is -0.140. The summed E-state index contributed by atoms with van der Waals surface area (Å²) in [5, 5.41) is 0. The number of carbonyl (C=O) groups is 1. The van der Waals surface area contributed by atoms with E-state index in [1.807, 2.05) is 0 Å². The van der Waals surface area contributed by atoms with Crippen molar-refractivity contribution < 1.29 is 27.4 Å². The highest BCUT2D eigenvalue weighted by molar-refractivity contribution is 5.68. The molecule has 0 saturated carbocycles. The third-order valence-corrected chi connectivity index (χ3v) is 0.537. The Labute approximate surface area is 80.8 Å². The Kier molecular flexibility index (Phi) is 0.971. The monoisotopic (exact) mass is 157 g/mol. The van der Waals surface area contributed by atoms with Crippen LogP contribution < -0.4 is 0 Å². The van der Waals surface area contributed by atoms with E-state index in [9.17, 15) is 4.79 Å². The van der Waals surface area contributed by atoms with Crippen molar-refractivity contribution >= 4 is 5.97 Å². The van der Waals surface area contributed by atoms with Gasteiger partial charge in [0.25, 0.3) is 0 Å². The van der Waals surface area contributed by atoms with Crippen LogP contribution in [0, 0.1) is 0 Å². The summed E-state index contributed by atoms with van der Waals surface area (Å²) in [5.41, 5.74) is 0. The van der Waals surface area contributed by atoms with Gasteiger partial charge < -0.3 is 4.74 Å². The number of hydrogen-bond acceptors (Lipinski definition) is 2. The van der Waals surface area contributed by atoms with Crippen LogP contribution in [-0.2, 0) is 9.53 Å². The average Bonchev–Trinajstić information content (AvgIpc) is 2.35. The fraction of sp³-hybridized carbons (Fsp3) is 0.875. The van der Waals surface area contributed by atoms with Gasteiger partial charge >= 0.3 is 5.97 Å². The van der Waals surface area contributed by atoms with E-state index in [1.165, 1.54) is 0 Å². The highest BCUT2D eigenvalue weighted by Crippen LogP contribution is 2.02. The van der Waals surface area contributed by atoms with E-state index in [1.54, 1.807) is 0 Å². The van der Waals surface area contributed by atoms with Gasteiger partial charge in [-0.15, -0.1) is 0 Å². The van der Waals surface area contributed by atoms with Crippen LogP contribution in [0.25, 0.3) is 0 Å². The first kappa shape index (κ1) is 1.47. The Morgan fingerprint density at radius 1 is 1.60 bits per heavy atom. The molecule has 0 radical (unpaired) electrons. The van der Waals surface area contributed by atoms with E-state index in [2.05, 4.69) is 4.74 Å². The first-order valence-corrected chi connectivity index (χ1v) is 2.32. The average molecular weight is 157 g/mol. The third kappa shape index (κ3) is 5.60. The fourth-order valence-electron chi connectivity index (χ4n) is 0.196. The number of hydrogen-bond donors (Lipinski definition) is 0. The van der Waals surface area contributed by atoms with Crippen LogP contribution in [0.4, 0.5) is 0 Å². The summed E-state index contributed by atoms with van der Waals surface area (Å²) < 4.78 is 99.7. The lowest BCUT2D eigenvalue weighted by Crippen LogP contribution is -1.98. The first-order valence-electron chi connectivity index (χ1n) is 8.82. The van der Waals surface area contributed by atoms with Crippen LogP contribution in [0.15, 0.2) is 0 Å². The maximum absolute atomic E-state index is 11.4. The molecule has 0 bridgehead atoms. The molecule has 0 atom stereocenters. The van der Waals surface area contributed by atoms with Crippen molar-refractivity contribution in [2.45, 2.75) is 38.7 Å². The predicted molar refractivity (Wildman–Crippen MR) is 40.8 cm³/mol. The highest BCUT2D eigenvalue weighted by atomic mass is 16.5. The number of rotatable bonds is 5. The quantitative estimate of drug-likeness (QED) is 0.571. The van der Waals surface area contributed by atoms with E-state index in [0.717, 1.165) is 0 Å². The Morgan fingerprint density at radius 3 is 3.00 bits per heavy atom. The van der Waals surface area contributed by atoms with Gasteiger partial charge in [-0.05, 0) is 6.37 Å². The zero-order valence-electron chi connectivity index (χ0n) is 18.3. The highest BCUT2D eigenvalue weighted by Gasteiger charge is 1.97. The second-order valence-corrected chi connectivity index (χ2v) is 1.12. The second-order valence-electron chi connectivity index (χ2n) is 1.12. The minimum atomic E-state index is -4.05. The standard InChI is InChI=1S/C8H16O2/c1-3-4-5-6-7-8(9)10-2/h3-7H2,1-2H3/i1D3,3D2,4D2,5D2,6D2,7D2. The molecule has 0 amide bonds. The predicted octanol–water partition coefficient (Wildman–Crippen LogP) is 2.13. The topological polar surface area (TPSA) is 26.3 Å². The molecule has 0 N–H and O–H groups in total. The summed E-state index contributed by atoms with van der Waals surface area (Å²) in [6, 6.07) is 0. The minimum absolute atomic E-state index is 0.697. The maximum Gasteiger partial charge on any atom is 0.305 e. The van der Waals surface area contributed by atoms with Gasteiger partial charge in [0.2, 0.25) is 0 Å². The minimum Gasteiger partial charge on any atom is -0.469 e. The normalized spacial score (nSPS) is 37.1. The molecular weight excluding hydrogens is 128 g/mol. The number of carbonyl (C=O) groups excluding carboxylic acids is 1. The van der Waals surface area contributed by atoms with Crippen molar-refractivity contribution in [2.75, 3.05) is 7.11 Å². The summed E-state index contributed by atoms with van der Waals surface area (Å²) in [5.74, 6) is -1.85. The molecule has 0 aliphatic rings. The Morgan fingerprint density at radius 2 is 2.40 bits per heavy atom. The van der Waals surface area contributed by atoms with E-state index < -0.39 is 44.7 Å². The molecular formula is C8H16O2. The molecule has 60 valence electrons. The summed E-state index contributed by atoms with van der Waals surface area (Å²) in [6.07, 6.45) is -19.6. The van der Waals surface area contributed by atoms with Crippen LogP contribution >= 0.6 is 0 Å². The van der Waals surface area contributed by atoms with Crippen LogP contribution in [0.1, 0.15) is 56.5 Å². The molecule has 0 heterocycles. The molecule has 0 spiro atoms. The van der Waals surface area contributed by atoms with E-state index in [4.69, 9.17) is 17.8 Å². The molecule has 0 saturated heterocycles. The lowest BCUT2D eigenvalue weighted by atomic mass is 10.2. The second kappa shape index (κ2) is 6.59. The van der Waals surface area contributed by atoms with Crippen LogP contribution in [0.3, 0.4) is 0 Å². The van der Waals surface area contributed by atoms with Crippen molar-refractivity contribution in [3.63, 3.8) is 0 Å². The molecule has 2 heteroatoms. The third-order valence-electron chi connectivity index (χ3n) is 0.537. The summed E-state index contributed by atoms with van der Waals surface area (Å²) in [4.78, 5) is 11.4. The Hall–Kier alpha value is -0.530.